The minimum atomic E-state index is -0.451. The van der Waals surface area contributed by atoms with Crippen LogP contribution in [0.25, 0.3) is 6.20 Å². The largest absolute Gasteiger partial charge is 0.305 e. The van der Waals surface area contributed by atoms with Gasteiger partial charge in [-0.25, -0.2) is 0 Å². The van der Waals surface area contributed by atoms with Gasteiger partial charge in [-0.15, -0.1) is 10.2 Å². The maximum atomic E-state index is 10.5. The van der Waals surface area contributed by atoms with Crippen molar-refractivity contribution in [1.29, 1.82) is 0 Å². The monoisotopic (exact) mass is 256 g/mol. The molecule has 1 heterocycles. The zero-order valence-corrected chi connectivity index (χ0v) is 10.4. The van der Waals surface area contributed by atoms with Gasteiger partial charge in [0.25, 0.3) is 5.69 Å². The minimum Gasteiger partial charge on any atom is -0.305 e. The molecule has 0 bridgehead atoms. The molecule has 1 aromatic heterocycles. The van der Waals surface area contributed by atoms with Crippen molar-refractivity contribution in [1.82, 2.24) is 4.57 Å². The lowest BCUT2D eigenvalue weighted by atomic mass is 10.3. The number of azo groups is 1. The number of non-ortho nitro benzene ring substituents is 1. The average Bonchev–Trinajstić information content (AvgIpc) is 2.77. The van der Waals surface area contributed by atoms with Crippen LogP contribution in [0.2, 0.25) is 0 Å². The number of rotatable bonds is 4. The Kier molecular flexibility index (Phi) is 3.51. The number of benzene rings is 1. The van der Waals surface area contributed by atoms with E-state index in [0.717, 1.165) is 5.69 Å². The number of aromatic nitrogens is 1. The quantitative estimate of drug-likeness (QED) is 0.466. The lowest BCUT2D eigenvalue weighted by Crippen LogP contribution is -1.86. The molecule has 0 aliphatic rings. The van der Waals surface area contributed by atoms with Gasteiger partial charge in [0.1, 0.15) is 0 Å². The Morgan fingerprint density at radius 2 is 1.89 bits per heavy atom. The van der Waals surface area contributed by atoms with E-state index in [2.05, 4.69) is 16.8 Å². The fourth-order valence-corrected chi connectivity index (χ4v) is 1.61. The Morgan fingerprint density at radius 3 is 2.47 bits per heavy atom. The number of nitro groups is 1. The summed E-state index contributed by atoms with van der Waals surface area (Å²) in [6.45, 7) is 5.63. The van der Waals surface area contributed by atoms with Crippen molar-refractivity contribution in [3.8, 4) is 0 Å². The Hall–Kier alpha value is -2.76. The van der Waals surface area contributed by atoms with Crippen molar-refractivity contribution in [2.24, 2.45) is 10.2 Å². The lowest BCUT2D eigenvalue weighted by molar-refractivity contribution is -0.384. The van der Waals surface area contributed by atoms with Crippen LogP contribution in [0.3, 0.4) is 0 Å². The van der Waals surface area contributed by atoms with Crippen LogP contribution in [0.15, 0.2) is 53.2 Å². The van der Waals surface area contributed by atoms with E-state index in [9.17, 15) is 10.1 Å². The number of nitro benzene ring substituents is 1. The number of hydrogen-bond donors (Lipinski definition) is 0. The first-order chi connectivity index (χ1) is 9.11. The molecule has 0 radical (unpaired) electrons. The summed E-state index contributed by atoms with van der Waals surface area (Å²) in [6, 6.07) is 9.63. The van der Waals surface area contributed by atoms with E-state index in [1.54, 1.807) is 22.9 Å². The third-order valence-electron chi connectivity index (χ3n) is 2.61. The van der Waals surface area contributed by atoms with Gasteiger partial charge in [-0.3, -0.25) is 10.1 Å². The molecule has 96 valence electrons. The van der Waals surface area contributed by atoms with Crippen LogP contribution in [-0.4, -0.2) is 9.49 Å². The van der Waals surface area contributed by atoms with Crippen molar-refractivity contribution in [3.05, 3.63) is 58.8 Å². The number of aryl methyl sites for hydroxylation is 1. The van der Waals surface area contributed by atoms with Crippen LogP contribution in [0.5, 0.6) is 0 Å². The van der Waals surface area contributed by atoms with Gasteiger partial charge in [-0.2, -0.15) is 0 Å². The summed E-state index contributed by atoms with van der Waals surface area (Å²) < 4.78 is 1.80. The van der Waals surface area contributed by atoms with E-state index in [1.165, 1.54) is 12.1 Å². The van der Waals surface area contributed by atoms with Crippen molar-refractivity contribution in [2.45, 2.75) is 6.92 Å². The van der Waals surface area contributed by atoms with Crippen LogP contribution in [0.4, 0.5) is 17.2 Å². The minimum absolute atomic E-state index is 0.0317. The molecule has 0 atom stereocenters. The highest BCUT2D eigenvalue weighted by molar-refractivity contribution is 5.46. The second-order valence-electron chi connectivity index (χ2n) is 3.86. The molecule has 2 rings (SSSR count). The molecule has 0 spiro atoms. The van der Waals surface area contributed by atoms with Gasteiger partial charge >= 0.3 is 0 Å². The Balaban J connectivity index is 2.22. The van der Waals surface area contributed by atoms with E-state index in [-0.39, 0.29) is 5.69 Å². The first-order valence-electron chi connectivity index (χ1n) is 5.58. The first kappa shape index (κ1) is 12.7. The molecule has 0 saturated heterocycles. The molecular weight excluding hydrogens is 244 g/mol. The Bertz CT molecular complexity index is 641. The van der Waals surface area contributed by atoms with Gasteiger partial charge in [0, 0.05) is 24.0 Å². The summed E-state index contributed by atoms with van der Waals surface area (Å²) in [7, 11) is 0. The zero-order valence-electron chi connectivity index (χ0n) is 10.4. The fourth-order valence-electron chi connectivity index (χ4n) is 1.61. The molecule has 0 saturated carbocycles. The number of hydrogen-bond acceptors (Lipinski definition) is 4. The third kappa shape index (κ3) is 2.74. The van der Waals surface area contributed by atoms with E-state index >= 15 is 0 Å². The van der Waals surface area contributed by atoms with Crippen molar-refractivity contribution in [2.75, 3.05) is 0 Å². The normalized spacial score (nSPS) is 10.8. The molecule has 2 aromatic rings. The number of nitrogens with zero attached hydrogens (tertiary/aromatic N) is 4. The van der Waals surface area contributed by atoms with Crippen LogP contribution >= 0.6 is 0 Å². The third-order valence-corrected chi connectivity index (χ3v) is 2.61. The summed E-state index contributed by atoms with van der Waals surface area (Å²) in [4.78, 5) is 10.1. The Morgan fingerprint density at radius 1 is 1.21 bits per heavy atom. The second kappa shape index (κ2) is 5.26. The molecule has 0 unspecified atom stereocenters. The molecule has 0 aliphatic heterocycles. The predicted molar refractivity (Wildman–Crippen MR) is 72.8 cm³/mol. The van der Waals surface area contributed by atoms with Crippen LogP contribution in [0.1, 0.15) is 5.69 Å². The average molecular weight is 256 g/mol. The summed E-state index contributed by atoms with van der Waals surface area (Å²) in [5.74, 6) is 0.658. The second-order valence-corrected chi connectivity index (χ2v) is 3.86. The maximum Gasteiger partial charge on any atom is 0.269 e. The standard InChI is InChI=1S/C13H12N4O2/c1-3-16-10(2)4-9-13(16)15-14-11-5-7-12(8-6-11)17(18)19/h3-9H,1H2,2H3. The van der Waals surface area contributed by atoms with Gasteiger partial charge in [-0.1, -0.05) is 6.58 Å². The zero-order chi connectivity index (χ0) is 13.8. The SMILES string of the molecule is C=Cn1c(C)ccc1N=Nc1ccc([N+](=O)[O-])cc1. The van der Waals surface area contributed by atoms with Crippen molar-refractivity contribution < 1.29 is 4.92 Å². The summed E-state index contributed by atoms with van der Waals surface area (Å²) >= 11 is 0. The van der Waals surface area contributed by atoms with Crippen LogP contribution in [0, 0.1) is 17.0 Å². The lowest BCUT2D eigenvalue weighted by Gasteiger charge is -1.99. The summed E-state index contributed by atoms with van der Waals surface area (Å²) in [6.07, 6.45) is 1.65. The van der Waals surface area contributed by atoms with Gasteiger partial charge in [-0.05, 0) is 31.2 Å². The highest BCUT2D eigenvalue weighted by Gasteiger charge is 2.04. The van der Waals surface area contributed by atoms with E-state index in [1.807, 2.05) is 19.1 Å². The molecule has 0 fully saturated rings. The molecule has 6 heteroatoms. The maximum absolute atomic E-state index is 10.5. The Labute approximate surface area is 109 Å². The molecule has 1 aromatic carbocycles. The van der Waals surface area contributed by atoms with Crippen molar-refractivity contribution in [3.63, 3.8) is 0 Å². The molecule has 0 N–H and O–H groups in total. The van der Waals surface area contributed by atoms with E-state index in [0.29, 0.717) is 11.5 Å². The van der Waals surface area contributed by atoms with Crippen LogP contribution < -0.4 is 0 Å². The highest BCUT2D eigenvalue weighted by atomic mass is 16.6. The van der Waals surface area contributed by atoms with Crippen molar-refractivity contribution >= 4 is 23.4 Å². The van der Waals surface area contributed by atoms with Gasteiger partial charge in [0.15, 0.2) is 5.82 Å². The van der Waals surface area contributed by atoms with Gasteiger partial charge in [0.05, 0.1) is 10.6 Å². The summed E-state index contributed by atoms with van der Waals surface area (Å²) in [5.41, 5.74) is 1.59. The first-order valence-corrected chi connectivity index (χ1v) is 5.58. The highest BCUT2D eigenvalue weighted by Crippen LogP contribution is 2.22. The fraction of sp³-hybridized carbons (Fsp3) is 0.0769. The smallest absolute Gasteiger partial charge is 0.269 e. The molecule has 0 amide bonds. The van der Waals surface area contributed by atoms with Gasteiger partial charge < -0.3 is 4.57 Å². The van der Waals surface area contributed by atoms with E-state index < -0.39 is 4.92 Å². The summed E-state index contributed by atoms with van der Waals surface area (Å²) in [5, 5.41) is 18.6. The molecule has 0 aliphatic carbocycles. The topological polar surface area (TPSA) is 72.8 Å². The molecular formula is C13H12N4O2. The van der Waals surface area contributed by atoms with Gasteiger partial charge in [0.2, 0.25) is 0 Å². The van der Waals surface area contributed by atoms with Crippen LogP contribution in [-0.2, 0) is 0 Å². The predicted octanol–water partition coefficient (Wildman–Crippen LogP) is 4.22. The molecule has 6 nitrogen and oxygen atoms in total. The molecule has 19 heavy (non-hydrogen) atoms. The van der Waals surface area contributed by atoms with E-state index in [4.69, 9.17) is 0 Å².